The Bertz CT molecular complexity index is 66.4. The lowest BCUT2D eigenvalue weighted by Crippen LogP contribution is -1.92. The third-order valence-electron chi connectivity index (χ3n) is 0.258. The van der Waals surface area contributed by atoms with Gasteiger partial charge < -0.3 is 9.90 Å². The molecule has 0 atom stereocenters. The number of carboxylic acid groups (broad SMARTS) is 1. The van der Waals surface area contributed by atoms with Crippen LogP contribution in [0.4, 0.5) is 0 Å². The van der Waals surface area contributed by atoms with E-state index < -0.39 is 5.97 Å². The van der Waals surface area contributed by atoms with Crippen LogP contribution in [0.15, 0.2) is 0 Å². The molecule has 3 heteroatoms. The molecule has 1 N–H and O–H groups in total. The average Bonchev–Trinajstić information content (AvgIpc) is 1.35. The van der Waals surface area contributed by atoms with Crippen molar-refractivity contribution in [3.8, 4) is 0 Å². The number of aliphatic carboxylic acids is 1. The van der Waals surface area contributed by atoms with Crippen LogP contribution < -0.4 is 0 Å². The number of carbonyl (C=O) groups is 2. The van der Waals surface area contributed by atoms with Crippen LogP contribution in [0.5, 0.6) is 0 Å². The lowest BCUT2D eigenvalue weighted by atomic mass is 10.5. The Morgan fingerprint density at radius 1 is 1.83 bits per heavy atom. The van der Waals surface area contributed by atoms with Gasteiger partial charge >= 0.3 is 5.97 Å². The Morgan fingerprint density at radius 3 is 2.33 bits per heavy atom. The molecule has 0 heterocycles. The van der Waals surface area contributed by atoms with Crippen LogP contribution in [0.2, 0.25) is 0 Å². The van der Waals surface area contributed by atoms with E-state index >= 15 is 0 Å². The van der Waals surface area contributed by atoms with Crippen LogP contribution in [-0.2, 0) is 9.59 Å². The molecule has 0 saturated heterocycles. The fraction of sp³-hybridized carbons (Fsp3) is 0.333. The zero-order valence-electron chi connectivity index (χ0n) is 3.05. The maximum atomic E-state index is 9.37. The van der Waals surface area contributed by atoms with Crippen molar-refractivity contribution in [3.63, 3.8) is 0 Å². The van der Waals surface area contributed by atoms with Crippen molar-refractivity contribution in [3.05, 3.63) is 0 Å². The number of aldehydes is 1. The number of hydrogen-bond donors (Lipinski definition) is 1. The quantitative estimate of drug-likeness (QED) is 0.371. The van der Waals surface area contributed by atoms with Crippen LogP contribution in [-0.4, -0.2) is 17.4 Å². The first kappa shape index (κ1) is 5.14. The van der Waals surface area contributed by atoms with E-state index in [1.807, 2.05) is 0 Å². The first-order valence-electron chi connectivity index (χ1n) is 1.43. The molecule has 0 spiro atoms. The van der Waals surface area contributed by atoms with E-state index in [-0.39, 0.29) is 6.42 Å². The Balaban J connectivity index is 3.05. The number of rotatable bonds is 2. The zero-order valence-corrected chi connectivity index (χ0v) is 3.05. The van der Waals surface area contributed by atoms with Crippen molar-refractivity contribution < 1.29 is 14.7 Å². The summed E-state index contributed by atoms with van der Waals surface area (Å²) in [7, 11) is 0. The predicted molar refractivity (Wildman–Crippen MR) is 18.3 cm³/mol. The Labute approximate surface area is 34.6 Å². The molecule has 0 bridgehead atoms. The van der Waals surface area contributed by atoms with Crippen LogP contribution in [0.3, 0.4) is 0 Å². The summed E-state index contributed by atoms with van der Waals surface area (Å²) >= 11 is 0. The minimum Gasteiger partial charge on any atom is -0.481 e. The molecule has 0 radical (unpaired) electrons. The van der Waals surface area contributed by atoms with Gasteiger partial charge in [0.05, 0.1) is 0 Å². The van der Waals surface area contributed by atoms with Gasteiger partial charge in [-0.1, -0.05) is 0 Å². The first-order valence-corrected chi connectivity index (χ1v) is 1.43. The molecule has 0 aliphatic rings. The normalized spacial score (nSPS) is 7.33. The van der Waals surface area contributed by atoms with Gasteiger partial charge in [-0.05, 0) is 0 Å². The predicted octanol–water partition coefficient (Wildman–Crippen LogP) is -0.340. The highest BCUT2D eigenvalue weighted by molar-refractivity contribution is 5.81. The van der Waals surface area contributed by atoms with Gasteiger partial charge in [0.1, 0.15) is 12.7 Å². The topological polar surface area (TPSA) is 54.4 Å². The molecule has 0 rings (SSSR count). The van der Waals surface area contributed by atoms with E-state index in [9.17, 15) is 9.59 Å². The molecule has 34 valence electrons. The number of carboxylic acids is 1. The molecule has 0 aliphatic carbocycles. The molecular formula is C3H4O3. The molecule has 0 unspecified atom stereocenters. The van der Waals surface area contributed by atoms with Crippen molar-refractivity contribution in [2.24, 2.45) is 0 Å². The minimum absolute atomic E-state index is 0.350. The summed E-state index contributed by atoms with van der Waals surface area (Å²) < 4.78 is 0. The van der Waals surface area contributed by atoms with Crippen molar-refractivity contribution >= 4 is 12.3 Å². The molecule has 0 aromatic rings. The van der Waals surface area contributed by atoms with Crippen molar-refractivity contribution in [2.45, 2.75) is 6.42 Å². The largest absolute Gasteiger partial charge is 0.481 e. The summed E-state index contributed by atoms with van der Waals surface area (Å²) in [5, 5.41) is 7.68. The molecule has 0 aromatic carbocycles. The van der Waals surface area contributed by atoms with Crippen LogP contribution >= 0.6 is 0 Å². The second-order valence-corrected chi connectivity index (χ2v) is 0.765. The lowest BCUT2D eigenvalue weighted by molar-refractivity contribution is -0.138. The summed E-state index contributed by atoms with van der Waals surface area (Å²) in [6, 6.07) is 0. The summed E-state index contributed by atoms with van der Waals surface area (Å²) in [5.74, 6) is -1.08. The Hall–Kier alpha value is -0.860. The van der Waals surface area contributed by atoms with E-state index in [2.05, 4.69) is 0 Å². The average molecular weight is 88.1 g/mol. The smallest absolute Gasteiger partial charge is 0.310 e. The van der Waals surface area contributed by atoms with Gasteiger partial charge in [-0.2, -0.15) is 0 Å². The fourth-order valence-electron chi connectivity index (χ4n) is 0.0713. The summed E-state index contributed by atoms with van der Waals surface area (Å²) in [4.78, 5) is 18.6. The zero-order chi connectivity index (χ0) is 4.99. The summed E-state index contributed by atoms with van der Waals surface area (Å²) in [6.45, 7) is 0. The molecule has 0 saturated carbocycles. The van der Waals surface area contributed by atoms with Gasteiger partial charge in [-0.15, -0.1) is 0 Å². The van der Waals surface area contributed by atoms with Gasteiger partial charge in [0, 0.05) is 0 Å². The maximum Gasteiger partial charge on any atom is 0.310 e. The van der Waals surface area contributed by atoms with Gasteiger partial charge in [-0.25, -0.2) is 0 Å². The molecule has 0 amide bonds. The molecule has 0 aliphatic heterocycles. The van der Waals surface area contributed by atoms with E-state index in [0.717, 1.165) is 0 Å². The highest BCUT2D eigenvalue weighted by Gasteiger charge is 1.87. The van der Waals surface area contributed by atoms with Crippen LogP contribution in [0, 0.1) is 0 Å². The molecule has 6 heavy (non-hydrogen) atoms. The Kier molecular flexibility index (Phi) is 2.04. The molecule has 0 aromatic heterocycles. The molecule has 3 nitrogen and oxygen atoms in total. The van der Waals surface area contributed by atoms with Crippen molar-refractivity contribution in [1.82, 2.24) is 0 Å². The van der Waals surface area contributed by atoms with Gasteiger partial charge in [0.15, 0.2) is 0 Å². The highest BCUT2D eigenvalue weighted by atomic mass is 16.4. The second-order valence-electron chi connectivity index (χ2n) is 0.765. The lowest BCUT2D eigenvalue weighted by Gasteiger charge is -1.71. The van der Waals surface area contributed by atoms with Crippen molar-refractivity contribution in [2.75, 3.05) is 0 Å². The molecular weight excluding hydrogens is 84.0 g/mol. The minimum atomic E-state index is -1.08. The fourth-order valence-corrected chi connectivity index (χ4v) is 0.0713. The second kappa shape index (κ2) is 2.38. The first-order chi connectivity index (χ1) is 2.77. The van der Waals surface area contributed by atoms with Gasteiger partial charge in [-0.3, -0.25) is 4.79 Å². The van der Waals surface area contributed by atoms with Gasteiger partial charge in [0.2, 0.25) is 0 Å². The SMILES string of the molecule is O=CCC(=O)O. The third kappa shape index (κ3) is 3.14. The van der Waals surface area contributed by atoms with E-state index in [0.29, 0.717) is 6.29 Å². The third-order valence-corrected chi connectivity index (χ3v) is 0.258. The summed E-state index contributed by atoms with van der Waals surface area (Å²) in [5.41, 5.74) is 0. The van der Waals surface area contributed by atoms with Crippen LogP contribution in [0.1, 0.15) is 6.42 Å². The Morgan fingerprint density at radius 2 is 2.33 bits per heavy atom. The molecule has 0 fully saturated rings. The van der Waals surface area contributed by atoms with Crippen LogP contribution in [0.25, 0.3) is 0 Å². The number of hydrogen-bond acceptors (Lipinski definition) is 2. The maximum absolute atomic E-state index is 9.37. The van der Waals surface area contributed by atoms with E-state index in [1.165, 1.54) is 0 Å². The monoisotopic (exact) mass is 88.0 g/mol. The number of carbonyl (C=O) groups excluding carboxylic acids is 1. The van der Waals surface area contributed by atoms with E-state index in [1.54, 1.807) is 0 Å². The van der Waals surface area contributed by atoms with Gasteiger partial charge in [0.25, 0.3) is 0 Å². The van der Waals surface area contributed by atoms with Crippen molar-refractivity contribution in [1.29, 1.82) is 0 Å². The standard InChI is InChI=1S/C3H4O3/c4-2-1-3(5)6/h2H,1H2,(H,5,6). The highest BCUT2D eigenvalue weighted by Crippen LogP contribution is 1.64. The van der Waals surface area contributed by atoms with E-state index in [4.69, 9.17) is 5.11 Å². The summed E-state index contributed by atoms with van der Waals surface area (Å²) in [6.07, 6.45) is -0.0394.